The van der Waals surface area contributed by atoms with Crippen LogP contribution in [0.4, 0.5) is 0 Å². The normalized spacial score (nSPS) is 30.7. The smallest absolute Gasteiger partial charge is 0.0278 e. The first-order chi connectivity index (χ1) is 10.2. The third-order valence-corrected chi connectivity index (χ3v) is 5.75. The van der Waals surface area contributed by atoms with Gasteiger partial charge in [-0.1, -0.05) is 52.4 Å². The summed E-state index contributed by atoms with van der Waals surface area (Å²) in [6.45, 7) is 10.9. The summed E-state index contributed by atoms with van der Waals surface area (Å²) in [5.41, 5.74) is 0.354. The van der Waals surface area contributed by atoms with E-state index >= 15 is 0 Å². The maximum Gasteiger partial charge on any atom is 0.0278 e. The molecule has 1 aliphatic heterocycles. The molecule has 0 radical (unpaired) electrons. The van der Waals surface area contributed by atoms with E-state index in [9.17, 15) is 0 Å². The van der Waals surface area contributed by atoms with Crippen LogP contribution in [0.15, 0.2) is 0 Å². The molecule has 1 saturated heterocycles. The van der Waals surface area contributed by atoms with Crippen LogP contribution in [0.5, 0.6) is 0 Å². The van der Waals surface area contributed by atoms with Crippen LogP contribution in [0.3, 0.4) is 0 Å². The lowest BCUT2D eigenvalue weighted by Gasteiger charge is -2.46. The monoisotopic (exact) mass is 294 g/mol. The Labute approximate surface area is 133 Å². The Bertz CT molecular complexity index is 287. The van der Waals surface area contributed by atoms with Gasteiger partial charge < -0.3 is 5.32 Å². The maximum absolute atomic E-state index is 3.83. The standard InChI is InChI=1S/C19H38N2/c1-4-6-7-8-9-10-11-14-21-16-19(3,5-2)20-15-18(21)17-12-13-17/h17-18,20H,4-16H2,1-3H3. The quantitative estimate of drug-likeness (QED) is 0.593. The fraction of sp³-hybridized carbons (Fsp3) is 1.00. The van der Waals surface area contributed by atoms with Crippen LogP contribution in [0.2, 0.25) is 0 Å². The molecule has 0 aromatic carbocycles. The molecular weight excluding hydrogens is 256 g/mol. The molecule has 2 unspecified atom stereocenters. The summed E-state index contributed by atoms with van der Waals surface area (Å²) < 4.78 is 0. The predicted molar refractivity (Wildman–Crippen MR) is 92.8 cm³/mol. The zero-order valence-electron chi connectivity index (χ0n) is 14.8. The number of hydrogen-bond acceptors (Lipinski definition) is 2. The van der Waals surface area contributed by atoms with Gasteiger partial charge in [-0.2, -0.15) is 0 Å². The lowest BCUT2D eigenvalue weighted by molar-refractivity contribution is 0.0711. The van der Waals surface area contributed by atoms with Crippen molar-refractivity contribution in [2.45, 2.75) is 96.6 Å². The number of nitrogens with zero attached hydrogens (tertiary/aromatic N) is 1. The molecule has 124 valence electrons. The highest BCUT2D eigenvalue weighted by atomic mass is 15.3. The Morgan fingerprint density at radius 1 is 1.00 bits per heavy atom. The van der Waals surface area contributed by atoms with Gasteiger partial charge >= 0.3 is 0 Å². The van der Waals surface area contributed by atoms with Gasteiger partial charge in [-0.25, -0.2) is 0 Å². The molecule has 0 aromatic rings. The van der Waals surface area contributed by atoms with Gasteiger partial charge in [0.1, 0.15) is 0 Å². The topological polar surface area (TPSA) is 15.3 Å². The van der Waals surface area contributed by atoms with E-state index in [0.717, 1.165) is 12.0 Å². The molecule has 21 heavy (non-hydrogen) atoms. The molecule has 1 saturated carbocycles. The van der Waals surface area contributed by atoms with Crippen molar-refractivity contribution in [1.82, 2.24) is 10.2 Å². The van der Waals surface area contributed by atoms with Gasteiger partial charge in [0.25, 0.3) is 0 Å². The molecule has 0 spiro atoms. The molecule has 1 N–H and O–H groups in total. The second kappa shape index (κ2) is 8.53. The molecule has 2 atom stereocenters. The van der Waals surface area contributed by atoms with Crippen molar-refractivity contribution >= 4 is 0 Å². The molecule has 0 amide bonds. The van der Waals surface area contributed by atoms with Gasteiger partial charge in [-0.3, -0.25) is 4.90 Å². The van der Waals surface area contributed by atoms with Crippen LogP contribution in [0, 0.1) is 5.92 Å². The summed E-state index contributed by atoms with van der Waals surface area (Å²) in [6.07, 6.45) is 14.2. The molecule has 2 nitrogen and oxygen atoms in total. The third-order valence-electron chi connectivity index (χ3n) is 5.75. The van der Waals surface area contributed by atoms with Gasteiger partial charge in [-0.15, -0.1) is 0 Å². The third kappa shape index (κ3) is 5.56. The van der Waals surface area contributed by atoms with Gasteiger partial charge in [0, 0.05) is 24.7 Å². The van der Waals surface area contributed by atoms with Crippen LogP contribution in [-0.2, 0) is 0 Å². The first kappa shape index (κ1) is 17.3. The van der Waals surface area contributed by atoms with E-state index in [1.54, 1.807) is 0 Å². The Balaban J connectivity index is 1.67. The minimum atomic E-state index is 0.354. The maximum atomic E-state index is 3.83. The van der Waals surface area contributed by atoms with Gasteiger partial charge in [0.2, 0.25) is 0 Å². The highest BCUT2D eigenvalue weighted by Crippen LogP contribution is 2.37. The predicted octanol–water partition coefficient (Wildman–Crippen LogP) is 4.59. The highest BCUT2D eigenvalue weighted by Gasteiger charge is 2.41. The molecule has 1 heterocycles. The molecule has 2 aliphatic rings. The van der Waals surface area contributed by atoms with Crippen molar-refractivity contribution in [3.63, 3.8) is 0 Å². The van der Waals surface area contributed by atoms with Crippen LogP contribution >= 0.6 is 0 Å². The average molecular weight is 295 g/mol. The molecule has 2 rings (SSSR count). The summed E-state index contributed by atoms with van der Waals surface area (Å²) in [7, 11) is 0. The van der Waals surface area contributed by atoms with Gasteiger partial charge in [0.05, 0.1) is 0 Å². The van der Waals surface area contributed by atoms with Crippen molar-refractivity contribution in [1.29, 1.82) is 0 Å². The second-order valence-electron chi connectivity index (χ2n) is 7.79. The van der Waals surface area contributed by atoms with E-state index in [1.807, 2.05) is 0 Å². The highest BCUT2D eigenvalue weighted by molar-refractivity contribution is 4.99. The zero-order chi connectivity index (χ0) is 15.1. The Kier molecular flexibility index (Phi) is 7.01. The van der Waals surface area contributed by atoms with Crippen molar-refractivity contribution in [3.8, 4) is 0 Å². The van der Waals surface area contributed by atoms with Gasteiger partial charge in [0.15, 0.2) is 0 Å². The zero-order valence-corrected chi connectivity index (χ0v) is 14.8. The van der Waals surface area contributed by atoms with E-state index in [0.29, 0.717) is 5.54 Å². The Morgan fingerprint density at radius 3 is 2.29 bits per heavy atom. The Morgan fingerprint density at radius 2 is 1.67 bits per heavy atom. The number of hydrogen-bond donors (Lipinski definition) is 1. The summed E-state index contributed by atoms with van der Waals surface area (Å²) in [5.74, 6) is 1.00. The van der Waals surface area contributed by atoms with Crippen LogP contribution in [0.1, 0.15) is 85.0 Å². The van der Waals surface area contributed by atoms with Crippen molar-refractivity contribution in [3.05, 3.63) is 0 Å². The van der Waals surface area contributed by atoms with Crippen LogP contribution in [0.25, 0.3) is 0 Å². The summed E-state index contributed by atoms with van der Waals surface area (Å²) in [4.78, 5) is 2.84. The van der Waals surface area contributed by atoms with Gasteiger partial charge in [-0.05, 0) is 45.1 Å². The number of unbranched alkanes of at least 4 members (excludes halogenated alkanes) is 6. The lowest BCUT2D eigenvalue weighted by Crippen LogP contribution is -2.63. The lowest BCUT2D eigenvalue weighted by atomic mass is 9.92. The number of piperazine rings is 1. The molecule has 0 aromatic heterocycles. The largest absolute Gasteiger partial charge is 0.309 e. The van der Waals surface area contributed by atoms with E-state index in [1.165, 1.54) is 83.8 Å². The average Bonchev–Trinajstić information content (AvgIpc) is 3.31. The first-order valence-electron chi connectivity index (χ1n) is 9.67. The minimum absolute atomic E-state index is 0.354. The molecule has 2 fully saturated rings. The molecular formula is C19H38N2. The van der Waals surface area contributed by atoms with E-state index in [-0.39, 0.29) is 0 Å². The van der Waals surface area contributed by atoms with Crippen molar-refractivity contribution in [2.75, 3.05) is 19.6 Å². The molecule has 0 bridgehead atoms. The summed E-state index contributed by atoms with van der Waals surface area (Å²) >= 11 is 0. The fourth-order valence-corrected chi connectivity index (χ4v) is 3.80. The summed E-state index contributed by atoms with van der Waals surface area (Å²) in [6, 6.07) is 0.838. The molecule has 1 aliphatic carbocycles. The van der Waals surface area contributed by atoms with E-state index in [2.05, 4.69) is 31.0 Å². The second-order valence-corrected chi connectivity index (χ2v) is 7.79. The van der Waals surface area contributed by atoms with Crippen LogP contribution in [-0.4, -0.2) is 36.1 Å². The summed E-state index contributed by atoms with van der Waals surface area (Å²) in [5, 5.41) is 3.83. The Hall–Kier alpha value is -0.0800. The van der Waals surface area contributed by atoms with E-state index < -0.39 is 0 Å². The fourth-order valence-electron chi connectivity index (χ4n) is 3.80. The number of nitrogens with one attached hydrogen (secondary N) is 1. The SMILES string of the molecule is CCCCCCCCCN1CC(C)(CC)NCC1C1CC1. The van der Waals surface area contributed by atoms with Crippen molar-refractivity contribution in [2.24, 2.45) is 5.92 Å². The number of rotatable bonds is 10. The van der Waals surface area contributed by atoms with Crippen molar-refractivity contribution < 1.29 is 0 Å². The molecule has 2 heteroatoms. The minimum Gasteiger partial charge on any atom is -0.309 e. The van der Waals surface area contributed by atoms with Crippen LogP contribution < -0.4 is 5.32 Å². The van der Waals surface area contributed by atoms with E-state index in [4.69, 9.17) is 0 Å². The first-order valence-corrected chi connectivity index (χ1v) is 9.67.